The second kappa shape index (κ2) is 10.6. The lowest BCUT2D eigenvalue weighted by Crippen LogP contribution is -3.06. The molecule has 8 heteroatoms. The fraction of sp³-hybridized carbons (Fsp3) is 0.385. The van der Waals surface area contributed by atoms with Crippen LogP contribution in [-0.2, 0) is 9.59 Å². The Balaban J connectivity index is 2.18. The lowest BCUT2D eigenvalue weighted by Gasteiger charge is -2.28. The Morgan fingerprint density at radius 1 is 1.03 bits per heavy atom. The lowest BCUT2D eigenvalue weighted by atomic mass is 9.94. The molecule has 1 N–H and O–H groups in total. The summed E-state index contributed by atoms with van der Waals surface area (Å²) in [6, 6.07) is 9.39. The highest BCUT2D eigenvalue weighted by Gasteiger charge is 2.44. The molecular formula is C26H32N2O6. The van der Waals surface area contributed by atoms with Crippen molar-refractivity contribution in [2.75, 3.05) is 48.0 Å². The molecule has 2 aromatic carbocycles. The first-order chi connectivity index (χ1) is 16.2. The molecule has 0 radical (unpaired) electrons. The summed E-state index contributed by atoms with van der Waals surface area (Å²) in [5, 5.41) is 13.6. The van der Waals surface area contributed by atoms with E-state index in [0.717, 1.165) is 10.5 Å². The predicted octanol–water partition coefficient (Wildman–Crippen LogP) is 0.779. The number of Topliss-reactive ketones (excluding diaryl/α,β-unsaturated/α-hetero) is 1. The zero-order chi connectivity index (χ0) is 25.0. The van der Waals surface area contributed by atoms with Gasteiger partial charge in [-0.25, -0.2) is 0 Å². The van der Waals surface area contributed by atoms with Crippen LogP contribution < -0.4 is 24.2 Å². The standard InChI is InChI=1S/C26H32N2O6/c1-7-34-20-11-8-17(15-21(20)33-6)23-22(25(30)26(31)28(23)13-12-27(3)4)24(29)18-9-10-19(32-5)16(2)14-18/h8-11,14-15,23,29H,7,12-13H2,1-6H3. The van der Waals surface area contributed by atoms with Crippen molar-refractivity contribution in [1.82, 2.24) is 4.90 Å². The molecule has 1 amide bonds. The smallest absolute Gasteiger partial charge is 0.295 e. The van der Waals surface area contributed by atoms with Crippen molar-refractivity contribution in [1.29, 1.82) is 0 Å². The van der Waals surface area contributed by atoms with Crippen molar-refractivity contribution in [3.63, 3.8) is 0 Å². The van der Waals surface area contributed by atoms with E-state index in [2.05, 4.69) is 0 Å². The molecule has 1 saturated heterocycles. The Morgan fingerprint density at radius 3 is 2.29 bits per heavy atom. The van der Waals surface area contributed by atoms with Crippen LogP contribution in [0.1, 0.15) is 29.7 Å². The summed E-state index contributed by atoms with van der Waals surface area (Å²) in [5.41, 5.74) is 1.65. The minimum Gasteiger partial charge on any atom is -0.872 e. The lowest BCUT2D eigenvalue weighted by molar-refractivity contribution is -0.857. The number of aryl methyl sites for hydroxylation is 1. The van der Waals surface area contributed by atoms with Gasteiger partial charge in [-0.1, -0.05) is 17.9 Å². The van der Waals surface area contributed by atoms with Crippen LogP contribution in [0.5, 0.6) is 17.2 Å². The second-order valence-corrected chi connectivity index (χ2v) is 8.46. The highest BCUT2D eigenvalue weighted by atomic mass is 16.5. The number of ether oxygens (including phenoxy) is 3. The number of quaternary nitrogens is 1. The van der Waals surface area contributed by atoms with Crippen molar-refractivity contribution in [2.45, 2.75) is 19.9 Å². The maximum atomic E-state index is 13.6. The molecule has 0 aliphatic carbocycles. The number of nitrogens with one attached hydrogen (secondary N) is 1. The van der Waals surface area contributed by atoms with E-state index in [1.54, 1.807) is 43.5 Å². The van der Waals surface area contributed by atoms with Gasteiger partial charge in [0.25, 0.3) is 5.91 Å². The monoisotopic (exact) mass is 468 g/mol. The van der Waals surface area contributed by atoms with E-state index in [1.165, 1.54) is 12.0 Å². The number of amides is 1. The number of likely N-dealkylation sites (N-methyl/N-ethyl adjacent to an activating group) is 1. The van der Waals surface area contributed by atoms with Gasteiger partial charge in [0.2, 0.25) is 5.78 Å². The molecule has 182 valence electrons. The van der Waals surface area contributed by atoms with Crippen LogP contribution in [0.3, 0.4) is 0 Å². The molecule has 0 bridgehead atoms. The zero-order valence-corrected chi connectivity index (χ0v) is 20.6. The summed E-state index contributed by atoms with van der Waals surface area (Å²) < 4.78 is 16.4. The molecule has 1 unspecified atom stereocenters. The molecule has 1 aliphatic rings. The van der Waals surface area contributed by atoms with Crippen LogP contribution in [0.25, 0.3) is 5.76 Å². The van der Waals surface area contributed by atoms with Gasteiger partial charge in [0.1, 0.15) is 5.75 Å². The van der Waals surface area contributed by atoms with Crippen molar-refractivity contribution >= 4 is 17.4 Å². The van der Waals surface area contributed by atoms with Gasteiger partial charge in [-0.05, 0) is 54.8 Å². The summed E-state index contributed by atoms with van der Waals surface area (Å²) in [4.78, 5) is 28.8. The van der Waals surface area contributed by atoms with Crippen LogP contribution in [0, 0.1) is 6.92 Å². The van der Waals surface area contributed by atoms with Gasteiger partial charge in [0.15, 0.2) is 11.5 Å². The summed E-state index contributed by atoms with van der Waals surface area (Å²) in [6.45, 7) is 5.09. The van der Waals surface area contributed by atoms with Crippen molar-refractivity contribution < 1.29 is 33.8 Å². The Morgan fingerprint density at radius 2 is 1.71 bits per heavy atom. The van der Waals surface area contributed by atoms with Crippen LogP contribution in [0.15, 0.2) is 42.0 Å². The van der Waals surface area contributed by atoms with E-state index in [0.29, 0.717) is 48.1 Å². The number of hydrogen-bond acceptors (Lipinski definition) is 6. The van der Waals surface area contributed by atoms with E-state index < -0.39 is 23.5 Å². The first-order valence-electron chi connectivity index (χ1n) is 11.2. The summed E-state index contributed by atoms with van der Waals surface area (Å²) in [5.74, 6) is -0.262. The maximum absolute atomic E-state index is 13.6. The third-order valence-corrected chi connectivity index (χ3v) is 5.84. The molecule has 1 aliphatic heterocycles. The molecule has 2 aromatic rings. The topological polar surface area (TPSA) is 92.6 Å². The third kappa shape index (κ3) is 4.87. The summed E-state index contributed by atoms with van der Waals surface area (Å²) in [7, 11) is 7.01. The van der Waals surface area contributed by atoms with Gasteiger partial charge in [0, 0.05) is 5.57 Å². The van der Waals surface area contributed by atoms with E-state index in [-0.39, 0.29) is 5.57 Å². The molecular weight excluding hydrogens is 436 g/mol. The highest BCUT2D eigenvalue weighted by molar-refractivity contribution is 6.46. The van der Waals surface area contributed by atoms with Gasteiger partial charge in [0.05, 0.1) is 54.1 Å². The SMILES string of the molecule is CCOc1ccc(C2C(=C([O-])c3ccc(OC)c(C)c3)C(=O)C(=O)N2CC[NH+](C)C)cc1OC. The highest BCUT2D eigenvalue weighted by Crippen LogP contribution is 2.41. The first kappa shape index (κ1) is 25.1. The van der Waals surface area contributed by atoms with Gasteiger partial charge in [-0.3, -0.25) is 9.59 Å². The van der Waals surface area contributed by atoms with E-state index >= 15 is 0 Å². The third-order valence-electron chi connectivity index (χ3n) is 5.84. The van der Waals surface area contributed by atoms with Crippen molar-refractivity contribution in [3.8, 4) is 17.2 Å². The summed E-state index contributed by atoms with van der Waals surface area (Å²) in [6.07, 6.45) is 0. The van der Waals surface area contributed by atoms with Crippen molar-refractivity contribution in [3.05, 3.63) is 58.7 Å². The molecule has 0 spiro atoms. The largest absolute Gasteiger partial charge is 0.872 e. The first-order valence-corrected chi connectivity index (χ1v) is 11.2. The quantitative estimate of drug-likeness (QED) is 0.332. The molecule has 1 heterocycles. The predicted molar refractivity (Wildman–Crippen MR) is 126 cm³/mol. The average molecular weight is 469 g/mol. The van der Waals surface area contributed by atoms with E-state index in [1.807, 2.05) is 27.9 Å². The van der Waals surface area contributed by atoms with Gasteiger partial charge < -0.3 is 29.1 Å². The zero-order valence-electron chi connectivity index (χ0n) is 20.6. The minimum absolute atomic E-state index is 0.0606. The fourth-order valence-electron chi connectivity index (χ4n) is 4.10. The molecule has 0 aromatic heterocycles. The van der Waals surface area contributed by atoms with Crippen LogP contribution in [-0.4, -0.2) is 64.6 Å². The Bertz CT molecular complexity index is 1110. The van der Waals surface area contributed by atoms with E-state index in [4.69, 9.17) is 14.2 Å². The molecule has 3 rings (SSSR count). The molecule has 8 nitrogen and oxygen atoms in total. The number of nitrogens with zero attached hydrogens (tertiary/aromatic N) is 1. The number of carbonyl (C=O) groups excluding carboxylic acids is 2. The number of ketones is 1. The maximum Gasteiger partial charge on any atom is 0.295 e. The Kier molecular flexibility index (Phi) is 7.83. The molecule has 1 atom stereocenters. The van der Waals surface area contributed by atoms with Crippen LogP contribution in [0.2, 0.25) is 0 Å². The minimum atomic E-state index is -0.821. The number of likely N-dealkylation sites (tertiary alicyclic amines) is 1. The average Bonchev–Trinajstić information content (AvgIpc) is 3.07. The molecule has 34 heavy (non-hydrogen) atoms. The summed E-state index contributed by atoms with van der Waals surface area (Å²) >= 11 is 0. The van der Waals surface area contributed by atoms with Crippen LogP contribution in [0.4, 0.5) is 0 Å². The molecule has 0 saturated carbocycles. The number of benzene rings is 2. The Hall–Kier alpha value is -3.52. The number of rotatable bonds is 9. The molecule has 1 fully saturated rings. The number of carbonyl (C=O) groups is 2. The fourth-order valence-corrected chi connectivity index (χ4v) is 4.10. The van der Waals surface area contributed by atoms with E-state index in [9.17, 15) is 14.7 Å². The Labute approximate surface area is 200 Å². The van der Waals surface area contributed by atoms with Gasteiger partial charge in [-0.2, -0.15) is 0 Å². The van der Waals surface area contributed by atoms with Gasteiger partial charge >= 0.3 is 0 Å². The van der Waals surface area contributed by atoms with Gasteiger partial charge in [-0.15, -0.1) is 0 Å². The number of hydrogen-bond donors (Lipinski definition) is 1. The second-order valence-electron chi connectivity index (χ2n) is 8.46. The number of methoxy groups -OCH3 is 2. The normalized spacial score (nSPS) is 17.4. The van der Waals surface area contributed by atoms with Crippen LogP contribution >= 0.6 is 0 Å². The van der Waals surface area contributed by atoms with Crippen molar-refractivity contribution in [2.24, 2.45) is 0 Å².